The third-order valence-corrected chi connectivity index (χ3v) is 4.81. The van der Waals surface area contributed by atoms with Crippen molar-refractivity contribution in [3.8, 4) is 0 Å². The van der Waals surface area contributed by atoms with Gasteiger partial charge in [0.25, 0.3) is 0 Å². The lowest BCUT2D eigenvalue weighted by atomic mass is 9.78. The Hall–Kier alpha value is -2.40. The molecule has 128 valence electrons. The zero-order chi connectivity index (χ0) is 18.0. The number of dihydropyridines is 1. The fourth-order valence-electron chi connectivity index (χ4n) is 3.30. The molecule has 0 saturated heterocycles. The van der Waals surface area contributed by atoms with Gasteiger partial charge in [-0.05, 0) is 48.7 Å². The van der Waals surface area contributed by atoms with Crippen molar-refractivity contribution in [2.24, 2.45) is 0 Å². The lowest BCUT2D eigenvalue weighted by Crippen LogP contribution is -2.28. The number of allylic oxidation sites excluding steroid dienone is 3. The summed E-state index contributed by atoms with van der Waals surface area (Å²) in [5, 5.41) is 3.33. The molecule has 1 aliphatic heterocycles. The Morgan fingerprint density at radius 1 is 1.20 bits per heavy atom. The van der Waals surface area contributed by atoms with Crippen molar-refractivity contribution in [1.82, 2.24) is 10.3 Å². The number of nitrogens with one attached hydrogen (secondary N) is 1. The van der Waals surface area contributed by atoms with E-state index < -0.39 is 0 Å². The summed E-state index contributed by atoms with van der Waals surface area (Å²) in [5.41, 5.74) is 5.45. The van der Waals surface area contributed by atoms with Crippen LogP contribution in [-0.4, -0.2) is 18.1 Å². The molecule has 0 radical (unpaired) electrons. The number of carbonyl (C=O) groups excluding carboxylic acids is 1. The van der Waals surface area contributed by atoms with Crippen molar-refractivity contribution in [2.45, 2.75) is 19.8 Å². The van der Waals surface area contributed by atoms with Crippen LogP contribution in [-0.2, 0) is 9.53 Å². The Bertz CT molecular complexity index is 872. The molecule has 1 aliphatic rings. The minimum atomic E-state index is -0.330. The van der Waals surface area contributed by atoms with Crippen molar-refractivity contribution in [3.63, 3.8) is 0 Å². The Labute approximate surface area is 155 Å². The summed E-state index contributed by atoms with van der Waals surface area (Å²) in [7, 11) is 1.41. The number of rotatable bonds is 3. The number of carbonyl (C=O) groups is 1. The Balaban J connectivity index is 2.25. The molecule has 4 nitrogen and oxygen atoms in total. The van der Waals surface area contributed by atoms with Gasteiger partial charge in [-0.25, -0.2) is 4.79 Å². The first kappa shape index (κ1) is 17.4. The zero-order valence-electron chi connectivity index (χ0n) is 14.3. The Morgan fingerprint density at radius 3 is 2.64 bits per heavy atom. The van der Waals surface area contributed by atoms with Crippen LogP contribution in [0.25, 0.3) is 5.57 Å². The molecule has 1 aromatic carbocycles. The van der Waals surface area contributed by atoms with E-state index >= 15 is 0 Å². The molecule has 5 heteroatoms. The number of halogens is 1. The topological polar surface area (TPSA) is 51.2 Å². The molecule has 25 heavy (non-hydrogen) atoms. The second-order valence-electron chi connectivity index (χ2n) is 5.92. The van der Waals surface area contributed by atoms with Crippen LogP contribution in [0.15, 0.2) is 70.2 Å². The van der Waals surface area contributed by atoms with E-state index in [0.29, 0.717) is 5.57 Å². The smallest absolute Gasteiger partial charge is 0.336 e. The molecule has 0 bridgehead atoms. The summed E-state index contributed by atoms with van der Waals surface area (Å²) < 4.78 is 6.04. The van der Waals surface area contributed by atoms with Crippen LogP contribution in [0.4, 0.5) is 0 Å². The normalized spacial score (nSPS) is 17.4. The van der Waals surface area contributed by atoms with E-state index in [0.717, 1.165) is 32.6 Å². The highest BCUT2D eigenvalue weighted by Crippen LogP contribution is 2.43. The van der Waals surface area contributed by atoms with Crippen LogP contribution in [0.3, 0.4) is 0 Å². The van der Waals surface area contributed by atoms with Crippen molar-refractivity contribution < 1.29 is 9.53 Å². The molecule has 2 aromatic rings. The van der Waals surface area contributed by atoms with Crippen LogP contribution in [0.1, 0.15) is 30.9 Å². The number of hydrogen-bond donors (Lipinski definition) is 1. The van der Waals surface area contributed by atoms with Gasteiger partial charge in [0.15, 0.2) is 0 Å². The second kappa shape index (κ2) is 7.23. The van der Waals surface area contributed by atoms with E-state index in [2.05, 4.69) is 26.2 Å². The first-order valence-corrected chi connectivity index (χ1v) is 8.75. The highest BCUT2D eigenvalue weighted by Gasteiger charge is 2.34. The fraction of sp³-hybridized carbons (Fsp3) is 0.200. The molecule has 2 heterocycles. The van der Waals surface area contributed by atoms with Gasteiger partial charge in [-0.15, -0.1) is 0 Å². The SMILES string of the molecule is COC(=O)C1=C(C)NC(C)=C(c2cccnc2)C1c1cccc(Br)c1. The summed E-state index contributed by atoms with van der Waals surface area (Å²) in [6, 6.07) is 11.9. The lowest BCUT2D eigenvalue weighted by Gasteiger charge is -2.31. The molecular formula is C20H19BrN2O2. The summed E-state index contributed by atoms with van der Waals surface area (Å²) in [4.78, 5) is 16.8. The van der Waals surface area contributed by atoms with Gasteiger partial charge in [0, 0.05) is 34.2 Å². The number of nitrogens with zero attached hydrogens (tertiary/aromatic N) is 1. The summed E-state index contributed by atoms with van der Waals surface area (Å²) in [6.45, 7) is 3.92. The third kappa shape index (κ3) is 3.37. The maximum atomic E-state index is 12.6. The second-order valence-corrected chi connectivity index (χ2v) is 6.84. The Morgan fingerprint density at radius 2 is 2.00 bits per heavy atom. The first-order chi connectivity index (χ1) is 12.0. The summed E-state index contributed by atoms with van der Waals surface area (Å²) in [5.74, 6) is -0.556. The molecule has 0 saturated carbocycles. The number of methoxy groups -OCH3 is 1. The number of benzene rings is 1. The molecule has 3 rings (SSSR count). The van der Waals surface area contributed by atoms with E-state index in [-0.39, 0.29) is 11.9 Å². The van der Waals surface area contributed by atoms with Crippen molar-refractivity contribution in [2.75, 3.05) is 7.11 Å². The number of pyridine rings is 1. The minimum Gasteiger partial charge on any atom is -0.466 e. The van der Waals surface area contributed by atoms with Crippen molar-refractivity contribution in [3.05, 3.63) is 81.4 Å². The van der Waals surface area contributed by atoms with E-state index in [1.807, 2.05) is 56.4 Å². The molecule has 1 unspecified atom stereocenters. The quantitative estimate of drug-likeness (QED) is 0.777. The first-order valence-electron chi connectivity index (χ1n) is 7.95. The van der Waals surface area contributed by atoms with Gasteiger partial charge in [0.05, 0.1) is 12.7 Å². The van der Waals surface area contributed by atoms with Crippen LogP contribution in [0.2, 0.25) is 0 Å². The molecule has 1 N–H and O–H groups in total. The molecule has 0 fully saturated rings. The van der Waals surface area contributed by atoms with Gasteiger partial charge in [0.2, 0.25) is 0 Å². The molecule has 1 atom stereocenters. The lowest BCUT2D eigenvalue weighted by molar-refractivity contribution is -0.136. The van der Waals surface area contributed by atoms with Gasteiger partial charge >= 0.3 is 5.97 Å². The zero-order valence-corrected chi connectivity index (χ0v) is 15.9. The summed E-state index contributed by atoms with van der Waals surface area (Å²) in [6.07, 6.45) is 3.56. The van der Waals surface area contributed by atoms with Crippen LogP contribution in [0.5, 0.6) is 0 Å². The molecular weight excluding hydrogens is 380 g/mol. The predicted octanol–water partition coefficient (Wildman–Crippen LogP) is 4.41. The van der Waals surface area contributed by atoms with Gasteiger partial charge in [-0.3, -0.25) is 4.98 Å². The van der Waals surface area contributed by atoms with E-state index in [9.17, 15) is 4.79 Å². The molecule has 0 spiro atoms. The van der Waals surface area contributed by atoms with Gasteiger partial charge in [-0.2, -0.15) is 0 Å². The highest BCUT2D eigenvalue weighted by molar-refractivity contribution is 9.10. The van der Waals surface area contributed by atoms with Crippen LogP contribution in [0, 0.1) is 0 Å². The molecule has 0 amide bonds. The average molecular weight is 399 g/mol. The van der Waals surface area contributed by atoms with Gasteiger partial charge < -0.3 is 10.1 Å². The van der Waals surface area contributed by atoms with Crippen molar-refractivity contribution >= 4 is 27.5 Å². The van der Waals surface area contributed by atoms with Crippen LogP contribution < -0.4 is 5.32 Å². The van der Waals surface area contributed by atoms with E-state index in [4.69, 9.17) is 4.74 Å². The number of hydrogen-bond acceptors (Lipinski definition) is 4. The highest BCUT2D eigenvalue weighted by atomic mass is 79.9. The predicted molar refractivity (Wildman–Crippen MR) is 102 cm³/mol. The van der Waals surface area contributed by atoms with Gasteiger partial charge in [0.1, 0.15) is 0 Å². The number of aromatic nitrogens is 1. The minimum absolute atomic E-state index is 0.226. The summed E-state index contributed by atoms with van der Waals surface area (Å²) >= 11 is 3.53. The van der Waals surface area contributed by atoms with Crippen molar-refractivity contribution in [1.29, 1.82) is 0 Å². The van der Waals surface area contributed by atoms with Crippen LogP contribution >= 0.6 is 15.9 Å². The number of esters is 1. The average Bonchev–Trinajstić information content (AvgIpc) is 2.61. The monoisotopic (exact) mass is 398 g/mol. The largest absolute Gasteiger partial charge is 0.466 e. The third-order valence-electron chi connectivity index (χ3n) is 4.32. The standard InChI is InChI=1S/C20H19BrN2O2/c1-12-17(15-7-5-9-22-11-15)19(14-6-4-8-16(21)10-14)18(13(2)23-12)20(24)25-3/h4-11,19,23H,1-3H3. The maximum Gasteiger partial charge on any atom is 0.336 e. The van der Waals surface area contributed by atoms with Gasteiger partial charge in [-0.1, -0.05) is 34.1 Å². The van der Waals surface area contributed by atoms with E-state index in [1.165, 1.54) is 7.11 Å². The van der Waals surface area contributed by atoms with E-state index in [1.54, 1.807) is 6.20 Å². The Kier molecular flexibility index (Phi) is 5.04. The number of ether oxygens (including phenoxy) is 1. The fourth-order valence-corrected chi connectivity index (χ4v) is 3.72. The maximum absolute atomic E-state index is 12.6. The molecule has 1 aromatic heterocycles. The molecule has 0 aliphatic carbocycles.